The van der Waals surface area contributed by atoms with Gasteiger partial charge in [-0.15, -0.1) is 0 Å². The van der Waals surface area contributed by atoms with Crippen molar-refractivity contribution in [1.29, 1.82) is 0 Å². The van der Waals surface area contributed by atoms with Crippen LogP contribution in [0.5, 0.6) is 5.75 Å². The van der Waals surface area contributed by atoms with Crippen LogP contribution in [0.3, 0.4) is 0 Å². The van der Waals surface area contributed by atoms with Crippen LogP contribution < -0.4 is 0 Å². The summed E-state index contributed by atoms with van der Waals surface area (Å²) in [5.74, 6) is 0.523. The highest BCUT2D eigenvalue weighted by Gasteiger charge is 2.08. The molecule has 82 valence electrons. The van der Waals surface area contributed by atoms with Crippen LogP contribution in [0, 0.1) is 0 Å². The van der Waals surface area contributed by atoms with Gasteiger partial charge in [-0.1, -0.05) is 42.5 Å². The molecule has 0 heterocycles. The Bertz CT molecular complexity index is 494. The van der Waals surface area contributed by atoms with Gasteiger partial charge in [0.05, 0.1) is 21.4 Å². The van der Waals surface area contributed by atoms with Gasteiger partial charge in [-0.05, 0) is 17.7 Å². The van der Waals surface area contributed by atoms with E-state index in [4.69, 9.17) is 0 Å². The molecule has 0 aliphatic heterocycles. The Hall–Kier alpha value is -1.61. The van der Waals surface area contributed by atoms with E-state index in [9.17, 15) is 9.32 Å². The van der Waals surface area contributed by atoms with Crippen molar-refractivity contribution in [1.82, 2.24) is 0 Å². The van der Waals surface area contributed by atoms with Gasteiger partial charge in [0.15, 0.2) is 0 Å². The SMILES string of the molecule is O=S(Cc1ccccc1)c1ccccc1O. The van der Waals surface area contributed by atoms with E-state index < -0.39 is 10.8 Å². The summed E-state index contributed by atoms with van der Waals surface area (Å²) < 4.78 is 12.0. The predicted octanol–water partition coefficient (Wildman–Crippen LogP) is 2.70. The summed E-state index contributed by atoms with van der Waals surface area (Å²) in [5, 5.41) is 9.57. The largest absolute Gasteiger partial charge is 0.507 e. The minimum atomic E-state index is -1.20. The number of hydrogen-bond donors (Lipinski definition) is 1. The van der Waals surface area contributed by atoms with Crippen molar-refractivity contribution in [3.05, 3.63) is 60.2 Å². The zero-order chi connectivity index (χ0) is 11.4. The third-order valence-corrected chi connectivity index (χ3v) is 3.68. The topological polar surface area (TPSA) is 37.3 Å². The molecule has 2 rings (SSSR count). The average molecular weight is 232 g/mol. The van der Waals surface area contributed by atoms with Crippen molar-refractivity contribution in [2.75, 3.05) is 0 Å². The van der Waals surface area contributed by atoms with Gasteiger partial charge >= 0.3 is 0 Å². The fraction of sp³-hybridized carbons (Fsp3) is 0.0769. The van der Waals surface area contributed by atoms with Gasteiger partial charge in [-0.3, -0.25) is 4.21 Å². The van der Waals surface area contributed by atoms with Crippen LogP contribution in [0.25, 0.3) is 0 Å². The summed E-state index contributed by atoms with van der Waals surface area (Å²) in [6, 6.07) is 16.3. The Kier molecular flexibility index (Phi) is 3.37. The molecule has 0 fully saturated rings. The number of rotatable bonds is 3. The van der Waals surface area contributed by atoms with E-state index in [1.54, 1.807) is 24.3 Å². The standard InChI is InChI=1S/C13H12O2S/c14-12-8-4-5-9-13(12)16(15)10-11-6-2-1-3-7-11/h1-9,14H,10H2. The van der Waals surface area contributed by atoms with E-state index in [0.717, 1.165) is 5.56 Å². The smallest absolute Gasteiger partial charge is 0.131 e. The van der Waals surface area contributed by atoms with Gasteiger partial charge in [0.1, 0.15) is 5.75 Å². The Balaban J connectivity index is 2.19. The Morgan fingerprint density at radius 2 is 1.56 bits per heavy atom. The molecule has 0 aromatic heterocycles. The Morgan fingerprint density at radius 1 is 0.938 bits per heavy atom. The van der Waals surface area contributed by atoms with Gasteiger partial charge in [-0.25, -0.2) is 0 Å². The van der Waals surface area contributed by atoms with Crippen LogP contribution in [0.2, 0.25) is 0 Å². The van der Waals surface area contributed by atoms with Crippen LogP contribution in [-0.4, -0.2) is 9.32 Å². The lowest BCUT2D eigenvalue weighted by Gasteiger charge is -2.04. The van der Waals surface area contributed by atoms with Gasteiger partial charge < -0.3 is 5.11 Å². The minimum absolute atomic E-state index is 0.0942. The number of hydrogen-bond acceptors (Lipinski definition) is 2. The van der Waals surface area contributed by atoms with Crippen molar-refractivity contribution in [2.24, 2.45) is 0 Å². The normalized spacial score (nSPS) is 12.2. The van der Waals surface area contributed by atoms with Crippen molar-refractivity contribution >= 4 is 10.8 Å². The first-order valence-corrected chi connectivity index (χ1v) is 6.29. The van der Waals surface area contributed by atoms with E-state index in [0.29, 0.717) is 10.6 Å². The fourth-order valence-corrected chi connectivity index (χ4v) is 2.64. The number of para-hydroxylation sites is 1. The lowest BCUT2D eigenvalue weighted by molar-refractivity contribution is 0.461. The quantitative estimate of drug-likeness (QED) is 0.883. The predicted molar refractivity (Wildman–Crippen MR) is 64.7 cm³/mol. The van der Waals surface area contributed by atoms with Gasteiger partial charge in [0.2, 0.25) is 0 Å². The second kappa shape index (κ2) is 4.94. The molecule has 2 aromatic carbocycles. The zero-order valence-corrected chi connectivity index (χ0v) is 9.48. The maximum Gasteiger partial charge on any atom is 0.131 e. The third-order valence-electron chi connectivity index (χ3n) is 2.25. The van der Waals surface area contributed by atoms with Crippen LogP contribution in [0.4, 0.5) is 0 Å². The summed E-state index contributed by atoms with van der Waals surface area (Å²) in [4.78, 5) is 0.492. The van der Waals surface area contributed by atoms with E-state index in [-0.39, 0.29) is 5.75 Å². The third kappa shape index (κ3) is 2.49. The average Bonchev–Trinajstić information content (AvgIpc) is 2.31. The molecule has 1 unspecified atom stereocenters. The maximum atomic E-state index is 12.0. The molecule has 3 heteroatoms. The van der Waals surface area contributed by atoms with Gasteiger partial charge in [0.25, 0.3) is 0 Å². The molecule has 1 atom stereocenters. The number of aromatic hydroxyl groups is 1. The minimum Gasteiger partial charge on any atom is -0.507 e. The van der Waals surface area contributed by atoms with Crippen LogP contribution in [-0.2, 0) is 16.6 Å². The molecule has 0 bridgehead atoms. The molecule has 0 saturated carbocycles. The molecule has 16 heavy (non-hydrogen) atoms. The van der Waals surface area contributed by atoms with Gasteiger partial charge in [-0.2, -0.15) is 0 Å². The molecule has 0 radical (unpaired) electrons. The highest BCUT2D eigenvalue weighted by molar-refractivity contribution is 7.84. The Labute approximate surface area is 97.0 Å². The lowest BCUT2D eigenvalue weighted by atomic mass is 10.2. The van der Waals surface area contributed by atoms with Crippen molar-refractivity contribution in [2.45, 2.75) is 10.6 Å². The fourth-order valence-electron chi connectivity index (χ4n) is 1.45. The maximum absolute atomic E-state index is 12.0. The van der Waals surface area contributed by atoms with E-state index in [1.807, 2.05) is 30.3 Å². The lowest BCUT2D eigenvalue weighted by Crippen LogP contribution is -1.96. The summed E-state index contributed by atoms with van der Waals surface area (Å²) in [6.07, 6.45) is 0. The molecule has 0 aliphatic rings. The molecule has 0 spiro atoms. The van der Waals surface area contributed by atoms with E-state index in [2.05, 4.69) is 0 Å². The van der Waals surface area contributed by atoms with Crippen molar-refractivity contribution < 1.29 is 9.32 Å². The summed E-state index contributed by atoms with van der Waals surface area (Å²) in [5.41, 5.74) is 1.00. The van der Waals surface area contributed by atoms with Gasteiger partial charge in [0, 0.05) is 0 Å². The summed E-state index contributed by atoms with van der Waals surface area (Å²) in [7, 11) is -1.20. The van der Waals surface area contributed by atoms with E-state index in [1.165, 1.54) is 0 Å². The molecule has 0 saturated heterocycles. The van der Waals surface area contributed by atoms with E-state index >= 15 is 0 Å². The first-order chi connectivity index (χ1) is 7.77. The molecular formula is C13H12O2S. The molecule has 0 aliphatic carbocycles. The van der Waals surface area contributed by atoms with Crippen LogP contribution >= 0.6 is 0 Å². The van der Waals surface area contributed by atoms with Crippen LogP contribution in [0.15, 0.2) is 59.5 Å². The van der Waals surface area contributed by atoms with Crippen LogP contribution in [0.1, 0.15) is 5.56 Å². The summed E-state index contributed by atoms with van der Waals surface area (Å²) in [6.45, 7) is 0. The molecule has 1 N–H and O–H groups in total. The molecule has 2 nitrogen and oxygen atoms in total. The molecular weight excluding hydrogens is 220 g/mol. The van der Waals surface area contributed by atoms with Crippen molar-refractivity contribution in [3.8, 4) is 5.75 Å². The first-order valence-electron chi connectivity index (χ1n) is 4.97. The molecule has 0 amide bonds. The zero-order valence-electron chi connectivity index (χ0n) is 8.67. The number of phenols is 1. The van der Waals surface area contributed by atoms with Crippen molar-refractivity contribution in [3.63, 3.8) is 0 Å². The summed E-state index contributed by atoms with van der Waals surface area (Å²) >= 11 is 0. The Morgan fingerprint density at radius 3 is 2.25 bits per heavy atom. The number of benzene rings is 2. The highest BCUT2D eigenvalue weighted by atomic mass is 32.2. The second-order valence-corrected chi connectivity index (χ2v) is 4.86. The first kappa shape index (κ1) is 10.9. The molecule has 2 aromatic rings. The highest BCUT2D eigenvalue weighted by Crippen LogP contribution is 2.21. The second-order valence-electron chi connectivity index (χ2n) is 3.44. The monoisotopic (exact) mass is 232 g/mol. The number of phenolic OH excluding ortho intramolecular Hbond substituents is 1.